The Morgan fingerprint density at radius 3 is 2.31 bits per heavy atom. The van der Waals surface area contributed by atoms with Crippen LogP contribution in [0.3, 0.4) is 0 Å². The summed E-state index contributed by atoms with van der Waals surface area (Å²) < 4.78 is 47.9. The van der Waals surface area contributed by atoms with E-state index in [-0.39, 0.29) is 17.3 Å². The Hall–Kier alpha value is -3.23. The first-order valence-electron chi connectivity index (χ1n) is 10.00. The first kappa shape index (κ1) is 23.4. The molecule has 0 aliphatic rings. The summed E-state index contributed by atoms with van der Waals surface area (Å²) in [6, 6.07) is 18.4. The average Bonchev–Trinajstić information content (AvgIpc) is 2.77. The first-order valence-corrected chi connectivity index (χ1v) is 11.5. The maximum absolute atomic E-state index is 14.0. The van der Waals surface area contributed by atoms with E-state index in [4.69, 9.17) is 4.74 Å². The van der Waals surface area contributed by atoms with Crippen LogP contribution in [0.25, 0.3) is 11.1 Å². The zero-order valence-corrected chi connectivity index (χ0v) is 18.5. The average molecular weight is 458 g/mol. The van der Waals surface area contributed by atoms with Crippen molar-refractivity contribution in [3.8, 4) is 16.9 Å². The molecule has 8 heteroatoms. The highest BCUT2D eigenvalue weighted by Gasteiger charge is 2.28. The topological polar surface area (TPSA) is 92.7 Å². The molecule has 0 radical (unpaired) electrons. The van der Waals surface area contributed by atoms with Crippen LogP contribution in [-0.2, 0) is 21.4 Å². The molecule has 3 aromatic rings. The van der Waals surface area contributed by atoms with Crippen molar-refractivity contribution in [2.45, 2.75) is 31.4 Å². The van der Waals surface area contributed by atoms with Crippen LogP contribution >= 0.6 is 0 Å². The van der Waals surface area contributed by atoms with E-state index in [1.54, 1.807) is 38.1 Å². The highest BCUT2D eigenvalue weighted by molar-refractivity contribution is 7.89. The molecule has 0 amide bonds. The predicted octanol–water partition coefficient (Wildman–Crippen LogP) is 4.46. The lowest BCUT2D eigenvalue weighted by atomic mass is 10.0. The van der Waals surface area contributed by atoms with Crippen LogP contribution in [0.1, 0.15) is 19.4 Å². The summed E-state index contributed by atoms with van der Waals surface area (Å²) in [7, 11) is -4.15. The Bertz CT molecular complexity index is 1200. The lowest BCUT2D eigenvalue weighted by molar-refractivity contribution is -0.140. The summed E-state index contributed by atoms with van der Waals surface area (Å²) in [5.41, 5.74) is 1.74. The minimum absolute atomic E-state index is 0.104. The van der Waals surface area contributed by atoms with Crippen molar-refractivity contribution in [3.63, 3.8) is 0 Å². The number of ether oxygens (including phenoxy) is 1. The van der Waals surface area contributed by atoms with Crippen molar-refractivity contribution < 1.29 is 27.4 Å². The molecule has 0 aliphatic heterocycles. The van der Waals surface area contributed by atoms with Gasteiger partial charge in [-0.1, -0.05) is 62.4 Å². The van der Waals surface area contributed by atoms with E-state index < -0.39 is 33.8 Å². The molecule has 0 fully saturated rings. The molecule has 0 aromatic heterocycles. The predicted molar refractivity (Wildman–Crippen MR) is 119 cm³/mol. The van der Waals surface area contributed by atoms with Crippen LogP contribution < -0.4 is 9.46 Å². The monoisotopic (exact) mass is 457 g/mol. The van der Waals surface area contributed by atoms with Crippen molar-refractivity contribution in [1.82, 2.24) is 4.72 Å². The van der Waals surface area contributed by atoms with E-state index in [1.807, 2.05) is 30.3 Å². The third-order valence-corrected chi connectivity index (χ3v) is 6.34. The molecule has 0 saturated heterocycles. The summed E-state index contributed by atoms with van der Waals surface area (Å²) in [5.74, 6) is -1.91. The van der Waals surface area contributed by atoms with E-state index in [0.29, 0.717) is 11.1 Å². The van der Waals surface area contributed by atoms with E-state index >= 15 is 0 Å². The number of halogens is 1. The Balaban J connectivity index is 1.99. The van der Waals surface area contributed by atoms with Gasteiger partial charge in [0.2, 0.25) is 10.0 Å². The van der Waals surface area contributed by atoms with Gasteiger partial charge in [-0.15, -0.1) is 0 Å². The number of benzene rings is 3. The van der Waals surface area contributed by atoms with Crippen molar-refractivity contribution in [3.05, 3.63) is 84.2 Å². The highest BCUT2D eigenvalue weighted by Crippen LogP contribution is 2.33. The fourth-order valence-electron chi connectivity index (χ4n) is 3.12. The van der Waals surface area contributed by atoms with Gasteiger partial charge in [-0.05, 0) is 29.7 Å². The van der Waals surface area contributed by atoms with Gasteiger partial charge in [0.05, 0.1) is 4.90 Å². The van der Waals surface area contributed by atoms with Crippen molar-refractivity contribution >= 4 is 16.0 Å². The molecule has 0 saturated carbocycles. The quantitative estimate of drug-likeness (QED) is 0.495. The summed E-state index contributed by atoms with van der Waals surface area (Å²) in [5, 5.41) is 9.35. The van der Waals surface area contributed by atoms with Crippen LogP contribution in [0.15, 0.2) is 77.7 Å². The highest BCUT2D eigenvalue weighted by atomic mass is 32.2. The largest absolute Gasteiger partial charge is 0.488 e. The fourth-order valence-corrected chi connectivity index (χ4v) is 4.48. The lowest BCUT2D eigenvalue weighted by Gasteiger charge is -2.19. The minimum Gasteiger partial charge on any atom is -0.488 e. The SMILES string of the molecule is CC(C)C(NS(=O)(=O)c1ccc(-c2ccccc2)c(OCc2ccccc2F)c1)C(=O)O. The normalized spacial score (nSPS) is 12.5. The molecule has 1 unspecified atom stereocenters. The summed E-state index contributed by atoms with van der Waals surface area (Å²) in [6.07, 6.45) is 0. The molecule has 1 atom stereocenters. The molecule has 32 heavy (non-hydrogen) atoms. The molecule has 2 N–H and O–H groups in total. The van der Waals surface area contributed by atoms with Crippen LogP contribution in [0.4, 0.5) is 4.39 Å². The van der Waals surface area contributed by atoms with Gasteiger partial charge in [0.25, 0.3) is 0 Å². The third kappa shape index (κ3) is 5.52. The molecule has 0 aliphatic carbocycles. The van der Waals surface area contributed by atoms with Gasteiger partial charge < -0.3 is 9.84 Å². The van der Waals surface area contributed by atoms with Crippen molar-refractivity contribution in [2.24, 2.45) is 5.92 Å². The number of carboxylic acid groups (broad SMARTS) is 1. The Labute approximate surface area is 186 Å². The number of nitrogens with one attached hydrogen (secondary N) is 1. The number of hydrogen-bond donors (Lipinski definition) is 2. The van der Waals surface area contributed by atoms with E-state index in [2.05, 4.69) is 4.72 Å². The zero-order valence-electron chi connectivity index (χ0n) is 17.7. The smallest absolute Gasteiger partial charge is 0.322 e. The number of aliphatic carboxylic acids is 1. The molecule has 0 spiro atoms. The molecule has 3 rings (SSSR count). The maximum atomic E-state index is 14.0. The van der Waals surface area contributed by atoms with Crippen molar-refractivity contribution in [1.29, 1.82) is 0 Å². The number of sulfonamides is 1. The Kier molecular flexibility index (Phi) is 7.27. The van der Waals surface area contributed by atoms with Gasteiger partial charge in [0, 0.05) is 17.2 Å². The molecule has 168 valence electrons. The van der Waals surface area contributed by atoms with E-state index in [9.17, 15) is 22.7 Å². The first-order chi connectivity index (χ1) is 15.2. The molecule has 6 nitrogen and oxygen atoms in total. The van der Waals surface area contributed by atoms with Gasteiger partial charge >= 0.3 is 5.97 Å². The lowest BCUT2D eigenvalue weighted by Crippen LogP contribution is -2.44. The summed E-state index contributed by atoms with van der Waals surface area (Å²) in [4.78, 5) is 11.3. The molecule has 0 heterocycles. The van der Waals surface area contributed by atoms with Crippen LogP contribution in [0, 0.1) is 11.7 Å². The Morgan fingerprint density at radius 1 is 1.03 bits per heavy atom. The number of carbonyl (C=O) groups is 1. The molecule has 0 bridgehead atoms. The van der Waals surface area contributed by atoms with Crippen LogP contribution in [0.5, 0.6) is 5.75 Å². The van der Waals surface area contributed by atoms with Crippen LogP contribution in [-0.4, -0.2) is 25.5 Å². The van der Waals surface area contributed by atoms with Gasteiger partial charge in [-0.2, -0.15) is 4.72 Å². The minimum atomic E-state index is -4.15. The third-order valence-electron chi connectivity index (χ3n) is 4.90. The molecule has 3 aromatic carbocycles. The van der Waals surface area contributed by atoms with Crippen LogP contribution in [0.2, 0.25) is 0 Å². The molecular weight excluding hydrogens is 433 g/mol. The van der Waals surface area contributed by atoms with Gasteiger partial charge in [0.1, 0.15) is 24.2 Å². The second-order valence-electron chi connectivity index (χ2n) is 7.59. The zero-order chi connectivity index (χ0) is 23.3. The summed E-state index contributed by atoms with van der Waals surface area (Å²) >= 11 is 0. The van der Waals surface area contributed by atoms with Gasteiger partial charge in [-0.3, -0.25) is 4.79 Å². The Morgan fingerprint density at radius 2 is 1.69 bits per heavy atom. The standard InChI is InChI=1S/C24H24FNO5S/c1-16(2)23(24(27)28)26-32(29,30)19-12-13-20(17-8-4-3-5-9-17)22(14-19)31-15-18-10-6-7-11-21(18)25/h3-14,16,23,26H,15H2,1-2H3,(H,27,28). The second kappa shape index (κ2) is 9.93. The number of hydrogen-bond acceptors (Lipinski definition) is 4. The van der Waals surface area contributed by atoms with Gasteiger partial charge in [-0.25, -0.2) is 12.8 Å². The second-order valence-corrected chi connectivity index (χ2v) is 9.30. The number of carboxylic acids is 1. The van der Waals surface area contributed by atoms with Gasteiger partial charge in [0.15, 0.2) is 0 Å². The maximum Gasteiger partial charge on any atom is 0.322 e. The number of rotatable bonds is 9. The van der Waals surface area contributed by atoms with Crippen molar-refractivity contribution in [2.75, 3.05) is 0 Å². The van der Waals surface area contributed by atoms with E-state index in [1.165, 1.54) is 18.2 Å². The fraction of sp³-hybridized carbons (Fsp3) is 0.208. The van der Waals surface area contributed by atoms with E-state index in [0.717, 1.165) is 5.56 Å². The molecular formula is C24H24FNO5S. The summed E-state index contributed by atoms with van der Waals surface area (Å²) in [6.45, 7) is 3.12.